The molecule has 0 amide bonds. The first-order valence-corrected chi connectivity index (χ1v) is 3.06. The van der Waals surface area contributed by atoms with Gasteiger partial charge < -0.3 is 5.11 Å². The molecule has 0 saturated carbocycles. The van der Waals surface area contributed by atoms with E-state index in [0.29, 0.717) is 0 Å². The van der Waals surface area contributed by atoms with Gasteiger partial charge in [0.2, 0.25) is 0 Å². The Hall–Kier alpha value is -1.03. The van der Waals surface area contributed by atoms with Gasteiger partial charge in [0.25, 0.3) is 5.92 Å². The normalized spacial score (nSPS) is 11.5. The van der Waals surface area contributed by atoms with E-state index in [1.165, 1.54) is 18.3 Å². The molecule has 1 heterocycles. The molecule has 0 aliphatic heterocycles. The molecule has 0 aromatic carbocycles. The summed E-state index contributed by atoms with van der Waals surface area (Å²) < 4.78 is 25.2. The quantitative estimate of drug-likeness (QED) is 0.702. The summed E-state index contributed by atoms with van der Waals surface area (Å²) in [5.74, 6) is -3.17. The highest BCUT2D eigenvalue weighted by Crippen LogP contribution is 2.25. The number of hydrogen-bond acceptors (Lipinski definition) is 2. The maximum atomic E-state index is 12.6. The van der Waals surface area contributed by atoms with E-state index in [1.54, 1.807) is 0 Å². The van der Waals surface area contributed by atoms with Crippen LogP contribution in [0, 0.1) is 0 Å². The van der Waals surface area contributed by atoms with Gasteiger partial charge in [-0.1, -0.05) is 0 Å². The average molecular weight is 159 g/mol. The van der Waals surface area contributed by atoms with Crippen molar-refractivity contribution in [2.75, 3.05) is 6.61 Å². The number of pyridine rings is 1. The van der Waals surface area contributed by atoms with Crippen molar-refractivity contribution in [3.05, 3.63) is 30.1 Å². The maximum absolute atomic E-state index is 12.6. The van der Waals surface area contributed by atoms with E-state index < -0.39 is 12.5 Å². The molecule has 1 aromatic heterocycles. The van der Waals surface area contributed by atoms with E-state index in [4.69, 9.17) is 5.11 Å². The molecule has 0 spiro atoms. The molecule has 0 bridgehead atoms. The number of halogens is 2. The van der Waals surface area contributed by atoms with Crippen LogP contribution >= 0.6 is 0 Å². The second-order valence-electron chi connectivity index (χ2n) is 2.10. The number of rotatable bonds is 2. The lowest BCUT2D eigenvalue weighted by atomic mass is 10.2. The van der Waals surface area contributed by atoms with Crippen molar-refractivity contribution in [1.29, 1.82) is 0 Å². The first kappa shape index (κ1) is 8.07. The minimum absolute atomic E-state index is 0.262. The third kappa shape index (κ3) is 1.71. The van der Waals surface area contributed by atoms with Crippen molar-refractivity contribution in [3.8, 4) is 0 Å². The van der Waals surface area contributed by atoms with Gasteiger partial charge in [-0.25, -0.2) is 0 Å². The lowest BCUT2D eigenvalue weighted by Crippen LogP contribution is -2.18. The maximum Gasteiger partial charge on any atom is 0.297 e. The standard InChI is InChI=1S/C7H7F2NO/c8-7(9,5-11)6-2-1-3-10-4-6/h1-4,11H,5H2. The second kappa shape index (κ2) is 2.92. The number of alkyl halides is 2. The molecule has 1 aromatic rings. The van der Waals surface area contributed by atoms with E-state index in [0.717, 1.165) is 6.20 Å². The molecule has 0 atom stereocenters. The fraction of sp³-hybridized carbons (Fsp3) is 0.286. The van der Waals surface area contributed by atoms with Crippen LogP contribution in [-0.2, 0) is 5.92 Å². The molecule has 1 rings (SSSR count). The molecule has 60 valence electrons. The first-order valence-electron chi connectivity index (χ1n) is 3.06. The van der Waals surface area contributed by atoms with E-state index >= 15 is 0 Å². The van der Waals surface area contributed by atoms with Crippen LogP contribution in [0.25, 0.3) is 0 Å². The van der Waals surface area contributed by atoms with Crippen molar-refractivity contribution in [2.24, 2.45) is 0 Å². The molecular formula is C7H7F2NO. The Morgan fingerprint density at radius 2 is 2.27 bits per heavy atom. The SMILES string of the molecule is OCC(F)(F)c1cccnc1. The first-order chi connectivity index (χ1) is 5.17. The number of aromatic nitrogens is 1. The summed E-state index contributed by atoms with van der Waals surface area (Å²) in [7, 11) is 0. The lowest BCUT2D eigenvalue weighted by Gasteiger charge is -2.11. The smallest absolute Gasteiger partial charge is 0.297 e. The van der Waals surface area contributed by atoms with Gasteiger partial charge in [0.15, 0.2) is 0 Å². The molecule has 0 saturated heterocycles. The van der Waals surface area contributed by atoms with Gasteiger partial charge in [-0.3, -0.25) is 4.98 Å². The van der Waals surface area contributed by atoms with Gasteiger partial charge in [-0.05, 0) is 12.1 Å². The van der Waals surface area contributed by atoms with Crippen LogP contribution in [0.5, 0.6) is 0 Å². The van der Waals surface area contributed by atoms with Crippen molar-refractivity contribution in [3.63, 3.8) is 0 Å². The number of aliphatic hydroxyl groups excluding tert-OH is 1. The Morgan fingerprint density at radius 1 is 1.55 bits per heavy atom. The predicted molar refractivity (Wildman–Crippen MR) is 35.2 cm³/mol. The van der Waals surface area contributed by atoms with Crippen LogP contribution in [0.15, 0.2) is 24.5 Å². The summed E-state index contributed by atoms with van der Waals surface area (Å²) in [5.41, 5.74) is -0.262. The summed E-state index contributed by atoms with van der Waals surface area (Å²) in [4.78, 5) is 3.51. The molecule has 1 N–H and O–H groups in total. The fourth-order valence-corrected chi connectivity index (χ4v) is 0.670. The van der Waals surface area contributed by atoms with Crippen molar-refractivity contribution in [2.45, 2.75) is 5.92 Å². The number of aliphatic hydroxyl groups is 1. The Bertz CT molecular complexity index is 225. The Morgan fingerprint density at radius 3 is 2.73 bits per heavy atom. The second-order valence-corrected chi connectivity index (χ2v) is 2.10. The van der Waals surface area contributed by atoms with E-state index in [9.17, 15) is 8.78 Å². The molecule has 0 unspecified atom stereocenters. The van der Waals surface area contributed by atoms with E-state index in [-0.39, 0.29) is 5.56 Å². The third-order valence-electron chi connectivity index (χ3n) is 1.28. The summed E-state index contributed by atoms with van der Waals surface area (Å²) >= 11 is 0. The number of nitrogens with zero attached hydrogens (tertiary/aromatic N) is 1. The topological polar surface area (TPSA) is 33.1 Å². The van der Waals surface area contributed by atoms with Gasteiger partial charge in [0.05, 0.1) is 0 Å². The highest BCUT2D eigenvalue weighted by Gasteiger charge is 2.30. The summed E-state index contributed by atoms with van der Waals surface area (Å²) in [6, 6.07) is 2.63. The monoisotopic (exact) mass is 159 g/mol. The van der Waals surface area contributed by atoms with E-state index in [1.807, 2.05) is 0 Å². The summed E-state index contributed by atoms with van der Waals surface area (Å²) in [6.07, 6.45) is 2.44. The molecule has 0 aliphatic carbocycles. The summed E-state index contributed by atoms with van der Waals surface area (Å²) in [6.45, 7) is -1.18. The Labute approximate surface area is 62.5 Å². The zero-order chi connectivity index (χ0) is 8.32. The predicted octanol–water partition coefficient (Wildman–Crippen LogP) is 1.17. The highest BCUT2D eigenvalue weighted by molar-refractivity contribution is 5.14. The lowest BCUT2D eigenvalue weighted by molar-refractivity contribution is -0.0558. The average Bonchev–Trinajstić information content (AvgIpc) is 2.06. The fourth-order valence-electron chi connectivity index (χ4n) is 0.670. The minimum atomic E-state index is -3.17. The van der Waals surface area contributed by atoms with Crippen LogP contribution in [0.3, 0.4) is 0 Å². The summed E-state index contributed by atoms with van der Waals surface area (Å²) in [5, 5.41) is 8.27. The van der Waals surface area contributed by atoms with Gasteiger partial charge in [0.1, 0.15) is 6.61 Å². The van der Waals surface area contributed by atoms with Crippen molar-refractivity contribution >= 4 is 0 Å². The Kier molecular flexibility index (Phi) is 2.14. The van der Waals surface area contributed by atoms with Crippen LogP contribution in [-0.4, -0.2) is 16.7 Å². The van der Waals surface area contributed by atoms with Crippen LogP contribution in [0.4, 0.5) is 8.78 Å². The molecule has 0 aliphatic rings. The number of hydrogen-bond donors (Lipinski definition) is 1. The molecule has 2 nitrogen and oxygen atoms in total. The van der Waals surface area contributed by atoms with Gasteiger partial charge in [-0.15, -0.1) is 0 Å². The van der Waals surface area contributed by atoms with Crippen molar-refractivity contribution < 1.29 is 13.9 Å². The molecule has 0 fully saturated rings. The molecule has 4 heteroatoms. The Balaban J connectivity index is 2.93. The zero-order valence-corrected chi connectivity index (χ0v) is 5.67. The van der Waals surface area contributed by atoms with Crippen LogP contribution in [0.2, 0.25) is 0 Å². The molecular weight excluding hydrogens is 152 g/mol. The van der Waals surface area contributed by atoms with Gasteiger partial charge in [-0.2, -0.15) is 8.78 Å². The van der Waals surface area contributed by atoms with Gasteiger partial charge >= 0.3 is 0 Å². The highest BCUT2D eigenvalue weighted by atomic mass is 19.3. The largest absolute Gasteiger partial charge is 0.390 e. The third-order valence-corrected chi connectivity index (χ3v) is 1.28. The van der Waals surface area contributed by atoms with Crippen molar-refractivity contribution in [1.82, 2.24) is 4.98 Å². The molecule has 11 heavy (non-hydrogen) atoms. The van der Waals surface area contributed by atoms with Gasteiger partial charge in [0, 0.05) is 18.0 Å². The molecule has 0 radical (unpaired) electrons. The minimum Gasteiger partial charge on any atom is -0.390 e. The van der Waals surface area contributed by atoms with E-state index in [2.05, 4.69) is 4.98 Å². The van der Waals surface area contributed by atoms with Crippen LogP contribution in [0.1, 0.15) is 5.56 Å². The zero-order valence-electron chi connectivity index (χ0n) is 5.67. The van der Waals surface area contributed by atoms with Crippen LogP contribution < -0.4 is 0 Å².